The number of hydrogen-bond acceptors (Lipinski definition) is 2. The highest BCUT2D eigenvalue weighted by Crippen LogP contribution is 2.33. The second-order valence-electron chi connectivity index (χ2n) is 4.94. The smallest absolute Gasteiger partial charge is 0.129 e. The van der Waals surface area contributed by atoms with Gasteiger partial charge in [0.25, 0.3) is 0 Å². The van der Waals surface area contributed by atoms with Crippen molar-refractivity contribution >= 4 is 5.69 Å². The van der Waals surface area contributed by atoms with Gasteiger partial charge in [-0.2, -0.15) is 0 Å². The molecule has 2 heteroatoms. The summed E-state index contributed by atoms with van der Waals surface area (Å²) in [5.41, 5.74) is 5.16. The van der Waals surface area contributed by atoms with Crippen molar-refractivity contribution in [2.45, 2.75) is 20.0 Å². The molecule has 19 heavy (non-hydrogen) atoms. The Bertz CT molecular complexity index is 582. The van der Waals surface area contributed by atoms with Crippen molar-refractivity contribution in [3.63, 3.8) is 0 Å². The maximum atomic E-state index is 3.42. The van der Waals surface area contributed by atoms with Crippen LogP contribution in [0, 0.1) is 13.8 Å². The highest BCUT2D eigenvalue weighted by Gasteiger charge is 2.23. The highest BCUT2D eigenvalue weighted by atomic mass is 15.3. The fourth-order valence-electron chi connectivity index (χ4n) is 2.69. The molecule has 2 aromatic rings. The van der Waals surface area contributed by atoms with Gasteiger partial charge in [0.2, 0.25) is 0 Å². The first kappa shape index (κ1) is 11.8. The Morgan fingerprint density at radius 2 is 1.58 bits per heavy atom. The van der Waals surface area contributed by atoms with Crippen LogP contribution in [0.1, 0.15) is 22.9 Å². The van der Waals surface area contributed by atoms with Gasteiger partial charge in [0.05, 0.1) is 0 Å². The molecule has 3 rings (SSSR count). The Morgan fingerprint density at radius 1 is 0.895 bits per heavy atom. The third-order valence-electron chi connectivity index (χ3n) is 3.58. The molecule has 96 valence electrons. The number of aryl methyl sites for hydroxylation is 2. The van der Waals surface area contributed by atoms with Gasteiger partial charge in [-0.25, -0.2) is 0 Å². The zero-order valence-corrected chi connectivity index (χ0v) is 11.3. The van der Waals surface area contributed by atoms with Crippen molar-refractivity contribution in [3.05, 3.63) is 77.6 Å². The molecule has 0 aliphatic carbocycles. The van der Waals surface area contributed by atoms with Crippen molar-refractivity contribution in [2.75, 3.05) is 4.90 Å². The van der Waals surface area contributed by atoms with E-state index in [2.05, 4.69) is 78.8 Å². The SMILES string of the molecule is Cc1cccc(C)c1N1C=CNC1c1ccccc1. The second kappa shape index (κ2) is 4.81. The zero-order chi connectivity index (χ0) is 13.2. The Hall–Kier alpha value is -2.22. The molecule has 1 N–H and O–H groups in total. The van der Waals surface area contributed by atoms with E-state index in [1.807, 2.05) is 6.20 Å². The molecule has 2 aromatic carbocycles. The van der Waals surface area contributed by atoms with Gasteiger partial charge in [-0.1, -0.05) is 48.5 Å². The lowest BCUT2D eigenvalue weighted by molar-refractivity contribution is 0.665. The number of para-hydroxylation sites is 1. The largest absolute Gasteiger partial charge is 0.366 e. The Morgan fingerprint density at radius 3 is 2.26 bits per heavy atom. The van der Waals surface area contributed by atoms with Gasteiger partial charge in [0.15, 0.2) is 0 Å². The van der Waals surface area contributed by atoms with Crippen LogP contribution in [-0.2, 0) is 0 Å². The Labute approximate surface area is 114 Å². The Kier molecular flexibility index (Phi) is 3.00. The molecule has 1 aliphatic heterocycles. The van der Waals surface area contributed by atoms with E-state index in [0.29, 0.717) is 0 Å². The Balaban J connectivity index is 2.02. The van der Waals surface area contributed by atoms with E-state index >= 15 is 0 Å². The van der Waals surface area contributed by atoms with Crippen LogP contribution >= 0.6 is 0 Å². The predicted molar refractivity (Wildman–Crippen MR) is 79.9 cm³/mol. The molecule has 2 nitrogen and oxygen atoms in total. The van der Waals surface area contributed by atoms with Crippen molar-refractivity contribution in [2.24, 2.45) is 0 Å². The van der Waals surface area contributed by atoms with Gasteiger partial charge in [0, 0.05) is 18.1 Å². The van der Waals surface area contributed by atoms with Crippen LogP contribution in [0.5, 0.6) is 0 Å². The number of nitrogens with one attached hydrogen (secondary N) is 1. The molecule has 0 saturated carbocycles. The molecular formula is C17H18N2. The summed E-state index contributed by atoms with van der Waals surface area (Å²) < 4.78 is 0. The topological polar surface area (TPSA) is 15.3 Å². The first-order valence-corrected chi connectivity index (χ1v) is 6.59. The molecule has 0 bridgehead atoms. The van der Waals surface area contributed by atoms with Crippen LogP contribution in [0.4, 0.5) is 5.69 Å². The number of benzene rings is 2. The average molecular weight is 250 g/mol. The van der Waals surface area contributed by atoms with E-state index in [1.165, 1.54) is 22.4 Å². The van der Waals surface area contributed by atoms with Crippen LogP contribution in [0.2, 0.25) is 0 Å². The molecule has 0 amide bonds. The zero-order valence-electron chi connectivity index (χ0n) is 11.3. The molecular weight excluding hydrogens is 232 g/mol. The second-order valence-corrected chi connectivity index (χ2v) is 4.94. The van der Waals surface area contributed by atoms with E-state index < -0.39 is 0 Å². The summed E-state index contributed by atoms with van der Waals surface area (Å²) in [6.45, 7) is 4.33. The third kappa shape index (κ3) is 2.10. The number of anilines is 1. The lowest BCUT2D eigenvalue weighted by Crippen LogP contribution is -2.27. The minimum Gasteiger partial charge on any atom is -0.366 e. The summed E-state index contributed by atoms with van der Waals surface area (Å²) in [6.07, 6.45) is 4.32. The summed E-state index contributed by atoms with van der Waals surface area (Å²) in [4.78, 5) is 2.31. The van der Waals surface area contributed by atoms with Crippen molar-refractivity contribution in [1.29, 1.82) is 0 Å². The maximum absolute atomic E-state index is 3.42. The molecule has 1 aliphatic rings. The number of nitrogens with zero attached hydrogens (tertiary/aromatic N) is 1. The molecule has 0 saturated heterocycles. The van der Waals surface area contributed by atoms with Crippen LogP contribution in [0.3, 0.4) is 0 Å². The fourth-order valence-corrected chi connectivity index (χ4v) is 2.69. The summed E-state index contributed by atoms with van der Waals surface area (Å²) in [7, 11) is 0. The summed E-state index contributed by atoms with van der Waals surface area (Å²) in [6, 6.07) is 17.0. The molecule has 1 atom stereocenters. The third-order valence-corrected chi connectivity index (χ3v) is 3.58. The standard InChI is InChI=1S/C17H18N2/c1-13-7-6-8-14(2)16(13)19-12-11-18-17(19)15-9-4-3-5-10-15/h3-12,17-18H,1-2H3. The van der Waals surface area contributed by atoms with Crippen molar-refractivity contribution < 1.29 is 0 Å². The monoisotopic (exact) mass is 250 g/mol. The molecule has 0 fully saturated rings. The lowest BCUT2D eigenvalue weighted by Gasteiger charge is -2.28. The van der Waals surface area contributed by atoms with Crippen LogP contribution in [0.15, 0.2) is 60.9 Å². The predicted octanol–water partition coefficient (Wildman–Crippen LogP) is 3.88. The van der Waals surface area contributed by atoms with Crippen molar-refractivity contribution in [3.8, 4) is 0 Å². The van der Waals surface area contributed by atoms with E-state index in [9.17, 15) is 0 Å². The molecule has 0 spiro atoms. The van der Waals surface area contributed by atoms with Crippen LogP contribution in [0.25, 0.3) is 0 Å². The van der Waals surface area contributed by atoms with Gasteiger partial charge >= 0.3 is 0 Å². The number of hydrogen-bond donors (Lipinski definition) is 1. The van der Waals surface area contributed by atoms with E-state index in [1.54, 1.807) is 0 Å². The number of rotatable bonds is 2. The summed E-state index contributed by atoms with van der Waals surface area (Å²) in [5.74, 6) is 0. The van der Waals surface area contributed by atoms with E-state index in [-0.39, 0.29) is 6.17 Å². The minimum absolute atomic E-state index is 0.181. The molecule has 0 radical (unpaired) electrons. The minimum atomic E-state index is 0.181. The molecule has 1 heterocycles. The van der Waals surface area contributed by atoms with Gasteiger partial charge < -0.3 is 10.2 Å². The van der Waals surface area contributed by atoms with Crippen molar-refractivity contribution in [1.82, 2.24) is 5.32 Å². The highest BCUT2D eigenvalue weighted by molar-refractivity contribution is 5.63. The van der Waals surface area contributed by atoms with E-state index in [0.717, 1.165) is 0 Å². The normalized spacial score (nSPS) is 17.6. The quantitative estimate of drug-likeness (QED) is 0.870. The van der Waals surface area contributed by atoms with E-state index in [4.69, 9.17) is 0 Å². The average Bonchev–Trinajstić information content (AvgIpc) is 2.89. The van der Waals surface area contributed by atoms with Crippen LogP contribution < -0.4 is 10.2 Å². The van der Waals surface area contributed by atoms with Gasteiger partial charge in [-0.15, -0.1) is 0 Å². The fraction of sp³-hybridized carbons (Fsp3) is 0.176. The summed E-state index contributed by atoms with van der Waals surface area (Å²) >= 11 is 0. The van der Waals surface area contributed by atoms with Gasteiger partial charge in [-0.05, 0) is 30.5 Å². The molecule has 0 aromatic heterocycles. The first-order valence-electron chi connectivity index (χ1n) is 6.59. The van der Waals surface area contributed by atoms with Crippen LogP contribution in [-0.4, -0.2) is 0 Å². The lowest BCUT2D eigenvalue weighted by atomic mass is 10.1. The van der Waals surface area contributed by atoms with Gasteiger partial charge in [0.1, 0.15) is 6.17 Å². The molecule has 1 unspecified atom stereocenters. The summed E-state index contributed by atoms with van der Waals surface area (Å²) in [5, 5.41) is 3.42. The van der Waals surface area contributed by atoms with Gasteiger partial charge in [-0.3, -0.25) is 0 Å². The first-order chi connectivity index (χ1) is 9.27. The maximum Gasteiger partial charge on any atom is 0.129 e.